The lowest BCUT2D eigenvalue weighted by molar-refractivity contribution is 0.0993. The van der Waals surface area contributed by atoms with Gasteiger partial charge in [0.15, 0.2) is 0 Å². The number of ether oxygens (including phenoxy) is 1. The monoisotopic (exact) mass is 399 g/mol. The van der Waals surface area contributed by atoms with Gasteiger partial charge in [-0.15, -0.1) is 0 Å². The third-order valence-electron chi connectivity index (χ3n) is 4.50. The molecular formula is C21H22ClN3O3. The van der Waals surface area contributed by atoms with Gasteiger partial charge in [-0.3, -0.25) is 4.79 Å². The van der Waals surface area contributed by atoms with Crippen molar-refractivity contribution in [3.63, 3.8) is 0 Å². The van der Waals surface area contributed by atoms with Gasteiger partial charge in [0.05, 0.1) is 25.1 Å². The molecule has 0 spiro atoms. The summed E-state index contributed by atoms with van der Waals surface area (Å²) < 4.78 is 7.57. The first-order valence-corrected chi connectivity index (χ1v) is 9.32. The summed E-state index contributed by atoms with van der Waals surface area (Å²) in [6.45, 7) is 2.07. The number of rotatable bonds is 8. The van der Waals surface area contributed by atoms with Gasteiger partial charge < -0.3 is 20.1 Å². The van der Waals surface area contributed by atoms with Crippen molar-refractivity contribution in [3.8, 4) is 16.9 Å². The Morgan fingerprint density at radius 1 is 1.29 bits per heavy atom. The molecule has 0 saturated heterocycles. The van der Waals surface area contributed by atoms with Crippen molar-refractivity contribution >= 4 is 17.5 Å². The Labute approximate surface area is 168 Å². The van der Waals surface area contributed by atoms with Gasteiger partial charge in [-0.25, -0.2) is 4.98 Å². The molecule has 0 unspecified atom stereocenters. The van der Waals surface area contributed by atoms with Crippen LogP contribution in [0.5, 0.6) is 5.75 Å². The van der Waals surface area contributed by atoms with Crippen LogP contribution in [0.1, 0.15) is 29.9 Å². The number of primary amides is 1. The Kier molecular flexibility index (Phi) is 6.34. The van der Waals surface area contributed by atoms with Gasteiger partial charge >= 0.3 is 0 Å². The minimum Gasteiger partial charge on any atom is -0.493 e. The highest BCUT2D eigenvalue weighted by Gasteiger charge is 2.19. The normalized spacial score (nSPS) is 13.1. The van der Waals surface area contributed by atoms with Crippen molar-refractivity contribution in [2.24, 2.45) is 5.73 Å². The molecule has 0 bridgehead atoms. The average molecular weight is 400 g/mol. The molecule has 2 atom stereocenters. The highest BCUT2D eigenvalue weighted by Crippen LogP contribution is 2.30. The first-order chi connectivity index (χ1) is 13.5. The number of halogens is 1. The number of aliphatic hydroxyl groups excluding tert-OH is 1. The van der Waals surface area contributed by atoms with Gasteiger partial charge in [-0.05, 0) is 30.7 Å². The lowest BCUT2D eigenvalue weighted by atomic mass is 10.1. The smallest absolute Gasteiger partial charge is 0.268 e. The third-order valence-corrected chi connectivity index (χ3v) is 4.82. The maximum absolute atomic E-state index is 11.2. The summed E-state index contributed by atoms with van der Waals surface area (Å²) in [5.74, 6) is 0.112. The molecule has 3 aromatic rings. The number of amides is 1. The van der Waals surface area contributed by atoms with Gasteiger partial charge in [-0.2, -0.15) is 0 Å². The number of benzene rings is 2. The van der Waals surface area contributed by atoms with Crippen molar-refractivity contribution < 1.29 is 14.6 Å². The predicted octanol–water partition coefficient (Wildman–Crippen LogP) is 3.69. The van der Waals surface area contributed by atoms with Gasteiger partial charge in [-0.1, -0.05) is 41.9 Å². The molecule has 0 aliphatic rings. The Hall–Kier alpha value is -2.83. The molecule has 2 aromatic carbocycles. The quantitative estimate of drug-likeness (QED) is 0.604. The van der Waals surface area contributed by atoms with Gasteiger partial charge in [0, 0.05) is 23.2 Å². The van der Waals surface area contributed by atoms with E-state index in [-0.39, 0.29) is 11.7 Å². The van der Waals surface area contributed by atoms with Gasteiger partial charge in [0.1, 0.15) is 11.4 Å². The molecule has 28 heavy (non-hydrogen) atoms. The number of hydrogen-bond acceptors (Lipinski definition) is 4. The summed E-state index contributed by atoms with van der Waals surface area (Å²) in [7, 11) is 0. The molecule has 1 amide bonds. The maximum Gasteiger partial charge on any atom is 0.268 e. The van der Waals surface area contributed by atoms with Crippen LogP contribution in [0.2, 0.25) is 5.02 Å². The number of nitrogens with two attached hydrogens (primary N) is 1. The zero-order valence-corrected chi connectivity index (χ0v) is 16.2. The second-order valence-electron chi connectivity index (χ2n) is 6.52. The van der Waals surface area contributed by atoms with Crippen molar-refractivity contribution in [1.82, 2.24) is 9.55 Å². The zero-order chi connectivity index (χ0) is 20.1. The second kappa shape index (κ2) is 8.91. The molecule has 3 N–H and O–H groups in total. The van der Waals surface area contributed by atoms with Crippen molar-refractivity contribution in [2.45, 2.75) is 25.5 Å². The lowest BCUT2D eigenvalue weighted by Crippen LogP contribution is -2.23. The van der Waals surface area contributed by atoms with Crippen LogP contribution in [0.4, 0.5) is 0 Å². The van der Waals surface area contributed by atoms with Crippen LogP contribution in [0, 0.1) is 0 Å². The Morgan fingerprint density at radius 3 is 2.75 bits per heavy atom. The van der Waals surface area contributed by atoms with E-state index in [1.165, 1.54) is 12.5 Å². The largest absolute Gasteiger partial charge is 0.493 e. The second-order valence-corrected chi connectivity index (χ2v) is 6.93. The number of aliphatic hydroxyl groups is 1. The van der Waals surface area contributed by atoms with Crippen LogP contribution in [0.3, 0.4) is 0 Å². The van der Waals surface area contributed by atoms with Crippen LogP contribution in [-0.2, 0) is 0 Å². The van der Waals surface area contributed by atoms with Crippen molar-refractivity contribution in [1.29, 1.82) is 0 Å². The number of nitrogens with zero attached hydrogens (tertiary/aromatic N) is 2. The molecule has 0 fully saturated rings. The van der Waals surface area contributed by atoms with Crippen LogP contribution < -0.4 is 10.5 Å². The summed E-state index contributed by atoms with van der Waals surface area (Å²) in [4.78, 5) is 15.2. The zero-order valence-electron chi connectivity index (χ0n) is 15.5. The highest BCUT2D eigenvalue weighted by molar-refractivity contribution is 6.33. The van der Waals surface area contributed by atoms with Crippen LogP contribution >= 0.6 is 11.6 Å². The molecular weight excluding hydrogens is 378 g/mol. The highest BCUT2D eigenvalue weighted by atomic mass is 35.5. The number of hydrogen-bond donors (Lipinski definition) is 2. The number of imidazole rings is 1. The Morgan fingerprint density at radius 2 is 2.07 bits per heavy atom. The van der Waals surface area contributed by atoms with E-state index < -0.39 is 12.0 Å². The van der Waals surface area contributed by atoms with E-state index in [9.17, 15) is 9.90 Å². The van der Waals surface area contributed by atoms with E-state index in [1.807, 2.05) is 48.5 Å². The molecule has 146 valence electrons. The molecule has 1 aromatic heterocycles. The van der Waals surface area contributed by atoms with Crippen molar-refractivity contribution in [3.05, 3.63) is 71.8 Å². The predicted molar refractivity (Wildman–Crippen MR) is 108 cm³/mol. The molecule has 3 rings (SSSR count). The molecule has 0 saturated carbocycles. The van der Waals surface area contributed by atoms with Gasteiger partial charge in [0.25, 0.3) is 5.91 Å². The first kappa shape index (κ1) is 19.9. The first-order valence-electron chi connectivity index (χ1n) is 8.95. The summed E-state index contributed by atoms with van der Waals surface area (Å²) in [5, 5.41) is 10.8. The number of carbonyl (C=O) groups is 1. The fourth-order valence-electron chi connectivity index (χ4n) is 3.03. The van der Waals surface area contributed by atoms with Gasteiger partial charge in [0.2, 0.25) is 0 Å². The van der Waals surface area contributed by atoms with Crippen molar-refractivity contribution in [2.75, 3.05) is 6.61 Å². The molecule has 6 nitrogen and oxygen atoms in total. The van der Waals surface area contributed by atoms with E-state index in [2.05, 4.69) is 4.98 Å². The SMILES string of the molecule is C[C@H](O)[C@@H](CCOc1cccc(-c2ccccc2Cl)c1)n1cnc(C(N)=O)c1. The van der Waals surface area contributed by atoms with E-state index in [0.717, 1.165) is 11.1 Å². The standard InChI is InChI=1S/C21H22ClN3O3/c1-14(26)20(25-12-19(21(23)27)24-13-25)9-10-28-16-6-4-5-15(11-16)17-7-2-3-8-18(17)22/h2-8,11-14,20,26H,9-10H2,1H3,(H2,23,27)/t14-,20+/m0/s1. The summed E-state index contributed by atoms with van der Waals surface area (Å²) in [5.41, 5.74) is 7.31. The molecule has 7 heteroatoms. The van der Waals surface area contributed by atoms with E-state index >= 15 is 0 Å². The van der Waals surface area contributed by atoms with Crippen LogP contribution in [0.25, 0.3) is 11.1 Å². The summed E-state index contributed by atoms with van der Waals surface area (Å²) in [6, 6.07) is 15.0. The van der Waals surface area contributed by atoms with E-state index in [0.29, 0.717) is 23.8 Å². The molecule has 0 radical (unpaired) electrons. The van der Waals surface area contributed by atoms with E-state index in [4.69, 9.17) is 22.1 Å². The fourth-order valence-corrected chi connectivity index (χ4v) is 3.28. The lowest BCUT2D eigenvalue weighted by Gasteiger charge is -2.21. The maximum atomic E-state index is 11.2. The summed E-state index contributed by atoms with van der Waals surface area (Å²) in [6.07, 6.45) is 2.92. The fraction of sp³-hybridized carbons (Fsp3) is 0.238. The third kappa shape index (κ3) is 4.71. The molecule has 0 aliphatic heterocycles. The minimum atomic E-state index is -0.645. The van der Waals surface area contributed by atoms with Crippen LogP contribution in [0.15, 0.2) is 61.1 Å². The molecule has 1 heterocycles. The topological polar surface area (TPSA) is 90.4 Å². The van der Waals surface area contributed by atoms with Crippen LogP contribution in [-0.4, -0.2) is 33.3 Å². The summed E-state index contributed by atoms with van der Waals surface area (Å²) >= 11 is 6.27. The number of aromatic nitrogens is 2. The minimum absolute atomic E-state index is 0.166. The van der Waals surface area contributed by atoms with E-state index in [1.54, 1.807) is 11.5 Å². The Balaban J connectivity index is 1.67. The Bertz CT molecular complexity index is 955. The number of carbonyl (C=O) groups excluding carboxylic acids is 1. The average Bonchev–Trinajstić information content (AvgIpc) is 3.15. The molecule has 0 aliphatic carbocycles.